The van der Waals surface area contributed by atoms with E-state index in [1.165, 1.54) is 5.56 Å². The lowest BCUT2D eigenvalue weighted by Crippen LogP contribution is -2.18. The Balaban J connectivity index is 1.76. The second-order valence-corrected chi connectivity index (χ2v) is 7.36. The predicted molar refractivity (Wildman–Crippen MR) is 108 cm³/mol. The van der Waals surface area contributed by atoms with Gasteiger partial charge in [-0.15, -0.1) is 0 Å². The molecule has 3 aromatic rings. The average molecular weight is 412 g/mol. The second kappa shape index (κ2) is 7.03. The van der Waals surface area contributed by atoms with Crippen LogP contribution in [0.15, 0.2) is 88.4 Å². The Bertz CT molecular complexity index is 907. The quantitative estimate of drug-likeness (QED) is 0.483. The number of hydrogen-bond donors (Lipinski definition) is 0. The van der Waals surface area contributed by atoms with E-state index in [0.29, 0.717) is 0 Å². The molecule has 1 aliphatic rings. The van der Waals surface area contributed by atoms with E-state index in [4.69, 9.17) is 16.7 Å². The first kappa shape index (κ1) is 16.4. The van der Waals surface area contributed by atoms with Crippen molar-refractivity contribution < 1.29 is 0 Å². The summed E-state index contributed by atoms with van der Waals surface area (Å²) in [6, 6.07) is 26.9. The Hall–Kier alpha value is -2.10. The second-order valence-electron chi connectivity index (χ2n) is 6.01. The summed E-state index contributed by atoms with van der Waals surface area (Å²) in [5, 5.41) is 7.80. The van der Waals surface area contributed by atoms with Gasteiger partial charge in [0.2, 0.25) is 0 Å². The zero-order valence-electron chi connectivity index (χ0n) is 13.4. The zero-order valence-corrected chi connectivity index (χ0v) is 15.8. The van der Waals surface area contributed by atoms with Crippen LogP contribution in [0.3, 0.4) is 0 Å². The zero-order chi connectivity index (χ0) is 17.2. The molecule has 25 heavy (non-hydrogen) atoms. The summed E-state index contributed by atoms with van der Waals surface area (Å²) in [7, 11) is 0. The van der Waals surface area contributed by atoms with Crippen LogP contribution >= 0.6 is 27.5 Å². The molecule has 1 heterocycles. The first-order chi connectivity index (χ1) is 12.2. The molecular weight excluding hydrogens is 396 g/mol. The molecule has 2 nitrogen and oxygen atoms in total. The minimum absolute atomic E-state index is 0.182. The largest absolute Gasteiger partial charge is 0.257 e. The minimum Gasteiger partial charge on any atom is -0.257 e. The van der Waals surface area contributed by atoms with Crippen LogP contribution in [0.5, 0.6) is 0 Å². The van der Waals surface area contributed by atoms with E-state index in [1.807, 2.05) is 42.5 Å². The number of halogens is 2. The first-order valence-electron chi connectivity index (χ1n) is 8.14. The number of hydrazone groups is 1. The van der Waals surface area contributed by atoms with Gasteiger partial charge in [0.05, 0.1) is 17.4 Å². The average Bonchev–Trinajstić information content (AvgIpc) is 3.08. The van der Waals surface area contributed by atoms with Crippen molar-refractivity contribution in [1.82, 2.24) is 0 Å². The molecule has 0 unspecified atom stereocenters. The molecule has 4 heteroatoms. The van der Waals surface area contributed by atoms with E-state index in [9.17, 15) is 0 Å². The third kappa shape index (κ3) is 3.48. The van der Waals surface area contributed by atoms with E-state index < -0.39 is 0 Å². The van der Waals surface area contributed by atoms with Gasteiger partial charge in [-0.2, -0.15) is 5.10 Å². The highest BCUT2D eigenvalue weighted by Gasteiger charge is 2.29. The molecule has 0 aromatic heterocycles. The maximum atomic E-state index is 6.03. The van der Waals surface area contributed by atoms with Gasteiger partial charge in [-0.3, -0.25) is 5.01 Å². The Kier molecular flexibility index (Phi) is 4.60. The van der Waals surface area contributed by atoms with Crippen LogP contribution in [0.1, 0.15) is 23.6 Å². The number of rotatable bonds is 3. The molecule has 0 radical (unpaired) electrons. The summed E-state index contributed by atoms with van der Waals surface area (Å²) in [5.41, 5.74) is 4.52. The topological polar surface area (TPSA) is 15.6 Å². The van der Waals surface area contributed by atoms with Gasteiger partial charge in [0.15, 0.2) is 0 Å². The number of nitrogens with zero attached hydrogens (tertiary/aromatic N) is 2. The molecule has 1 aliphatic heterocycles. The van der Waals surface area contributed by atoms with Crippen molar-refractivity contribution in [1.29, 1.82) is 0 Å². The lowest BCUT2D eigenvalue weighted by molar-refractivity contribution is 0.709. The summed E-state index contributed by atoms with van der Waals surface area (Å²) in [5.74, 6) is 0. The molecule has 1 atom stereocenters. The molecule has 4 rings (SSSR count). The summed E-state index contributed by atoms with van der Waals surface area (Å²) < 4.78 is 1.05. The molecule has 0 aliphatic carbocycles. The fourth-order valence-electron chi connectivity index (χ4n) is 3.12. The van der Waals surface area contributed by atoms with Crippen molar-refractivity contribution in [3.05, 3.63) is 99.5 Å². The molecule has 0 amide bonds. The summed E-state index contributed by atoms with van der Waals surface area (Å²) >= 11 is 9.59. The lowest BCUT2D eigenvalue weighted by atomic mass is 9.98. The number of benzene rings is 3. The van der Waals surface area contributed by atoms with Crippen molar-refractivity contribution in [2.45, 2.75) is 12.5 Å². The minimum atomic E-state index is 0.182. The van der Waals surface area contributed by atoms with Gasteiger partial charge in [-0.1, -0.05) is 76.1 Å². The van der Waals surface area contributed by atoms with Gasteiger partial charge in [-0.05, 0) is 41.5 Å². The van der Waals surface area contributed by atoms with Gasteiger partial charge in [0.25, 0.3) is 0 Å². The Morgan fingerprint density at radius 1 is 0.920 bits per heavy atom. The maximum absolute atomic E-state index is 6.03. The van der Waals surface area contributed by atoms with Crippen LogP contribution in [0.25, 0.3) is 0 Å². The van der Waals surface area contributed by atoms with Crippen molar-refractivity contribution in [2.24, 2.45) is 5.10 Å². The molecule has 0 spiro atoms. The molecule has 0 N–H and O–H groups in total. The van der Waals surface area contributed by atoms with Crippen molar-refractivity contribution in [2.75, 3.05) is 5.01 Å². The fourth-order valence-corrected chi connectivity index (χ4v) is 3.63. The van der Waals surface area contributed by atoms with E-state index in [0.717, 1.165) is 32.9 Å². The number of anilines is 1. The molecule has 124 valence electrons. The SMILES string of the molecule is Clc1ccc(C2=NN(c3cccc(Br)c3)[C@H](c3ccccc3)C2)cc1. The van der Waals surface area contributed by atoms with Crippen molar-refractivity contribution in [3.63, 3.8) is 0 Å². The molecule has 0 saturated carbocycles. The first-order valence-corrected chi connectivity index (χ1v) is 9.31. The van der Waals surface area contributed by atoms with Gasteiger partial charge in [0, 0.05) is 15.9 Å². The summed E-state index contributed by atoms with van der Waals surface area (Å²) in [4.78, 5) is 0. The van der Waals surface area contributed by atoms with Crippen LogP contribution in [0.2, 0.25) is 5.02 Å². The van der Waals surface area contributed by atoms with E-state index in [1.54, 1.807) is 0 Å². The molecule has 0 fully saturated rings. The van der Waals surface area contributed by atoms with Gasteiger partial charge >= 0.3 is 0 Å². The maximum Gasteiger partial charge on any atom is 0.0831 e. The smallest absolute Gasteiger partial charge is 0.0831 e. The Morgan fingerprint density at radius 2 is 1.68 bits per heavy atom. The van der Waals surface area contributed by atoms with Crippen LogP contribution in [-0.2, 0) is 0 Å². The molecular formula is C21H16BrClN2. The van der Waals surface area contributed by atoms with Crippen LogP contribution in [0, 0.1) is 0 Å². The normalized spacial score (nSPS) is 16.8. The summed E-state index contributed by atoms with van der Waals surface area (Å²) in [6.45, 7) is 0. The van der Waals surface area contributed by atoms with Crippen molar-refractivity contribution in [3.8, 4) is 0 Å². The van der Waals surface area contributed by atoms with Gasteiger partial charge in [-0.25, -0.2) is 0 Å². The number of hydrogen-bond acceptors (Lipinski definition) is 2. The van der Waals surface area contributed by atoms with Gasteiger partial charge in [0.1, 0.15) is 0 Å². The van der Waals surface area contributed by atoms with E-state index in [-0.39, 0.29) is 6.04 Å². The lowest BCUT2D eigenvalue weighted by Gasteiger charge is -2.24. The fraction of sp³-hybridized carbons (Fsp3) is 0.0952. The van der Waals surface area contributed by atoms with Crippen LogP contribution in [0.4, 0.5) is 5.69 Å². The van der Waals surface area contributed by atoms with Gasteiger partial charge < -0.3 is 0 Å². The van der Waals surface area contributed by atoms with E-state index >= 15 is 0 Å². The summed E-state index contributed by atoms with van der Waals surface area (Å²) in [6.07, 6.45) is 0.859. The molecule has 0 saturated heterocycles. The Morgan fingerprint density at radius 3 is 2.40 bits per heavy atom. The van der Waals surface area contributed by atoms with E-state index in [2.05, 4.69) is 57.3 Å². The standard InChI is InChI=1S/C21H16BrClN2/c22-17-7-4-8-19(13-17)25-21(16-5-2-1-3-6-16)14-20(24-25)15-9-11-18(23)12-10-15/h1-13,21H,14H2/t21-/m0/s1. The predicted octanol–water partition coefficient (Wildman–Crippen LogP) is 6.46. The third-order valence-electron chi connectivity index (χ3n) is 4.34. The van der Waals surface area contributed by atoms with Crippen LogP contribution in [-0.4, -0.2) is 5.71 Å². The highest BCUT2D eigenvalue weighted by molar-refractivity contribution is 9.10. The Labute approximate surface area is 160 Å². The highest BCUT2D eigenvalue weighted by atomic mass is 79.9. The third-order valence-corrected chi connectivity index (χ3v) is 5.09. The highest BCUT2D eigenvalue weighted by Crippen LogP contribution is 2.37. The van der Waals surface area contributed by atoms with Crippen molar-refractivity contribution >= 4 is 38.9 Å². The molecule has 0 bridgehead atoms. The molecule has 3 aromatic carbocycles. The monoisotopic (exact) mass is 410 g/mol. The van der Waals surface area contributed by atoms with Crippen LogP contribution < -0.4 is 5.01 Å².